The minimum absolute atomic E-state index is 0.296. The Morgan fingerprint density at radius 2 is 2.28 bits per heavy atom. The van der Waals surface area contributed by atoms with Gasteiger partial charge in [-0.2, -0.15) is 0 Å². The second kappa shape index (κ2) is 5.69. The summed E-state index contributed by atoms with van der Waals surface area (Å²) in [7, 11) is 0. The molecule has 1 aromatic carbocycles. The summed E-state index contributed by atoms with van der Waals surface area (Å²) in [6.45, 7) is 5.25. The minimum Gasteiger partial charge on any atom is -0.367 e. The van der Waals surface area contributed by atoms with Crippen LogP contribution in [-0.2, 0) is 16.0 Å². The predicted molar refractivity (Wildman–Crippen MR) is 70.7 cm³/mol. The molecule has 0 aliphatic carbocycles. The number of rotatable bonds is 2. The lowest BCUT2D eigenvalue weighted by Crippen LogP contribution is -2.39. The SMILES string of the molecule is c1ccc2c(c1)CNCCN2CC1CCOCO1. The maximum Gasteiger partial charge on any atom is 0.147 e. The monoisotopic (exact) mass is 248 g/mol. The van der Waals surface area contributed by atoms with Crippen molar-refractivity contribution in [1.82, 2.24) is 5.32 Å². The van der Waals surface area contributed by atoms with Crippen molar-refractivity contribution in [3.63, 3.8) is 0 Å². The van der Waals surface area contributed by atoms with Gasteiger partial charge in [-0.1, -0.05) is 18.2 Å². The summed E-state index contributed by atoms with van der Waals surface area (Å²) in [5.74, 6) is 0. The van der Waals surface area contributed by atoms with Crippen molar-refractivity contribution in [1.29, 1.82) is 0 Å². The van der Waals surface area contributed by atoms with Crippen LogP contribution in [0.2, 0.25) is 0 Å². The highest BCUT2D eigenvalue weighted by atomic mass is 16.7. The summed E-state index contributed by atoms with van der Waals surface area (Å²) in [6, 6.07) is 8.63. The first-order valence-electron chi connectivity index (χ1n) is 6.66. The van der Waals surface area contributed by atoms with Crippen LogP contribution in [0.1, 0.15) is 12.0 Å². The van der Waals surface area contributed by atoms with Crippen LogP contribution in [0.25, 0.3) is 0 Å². The fourth-order valence-electron chi connectivity index (χ4n) is 2.61. The molecule has 18 heavy (non-hydrogen) atoms. The molecular formula is C14H20N2O2. The number of para-hydroxylation sites is 1. The summed E-state index contributed by atoms with van der Waals surface area (Å²) in [6.07, 6.45) is 1.29. The van der Waals surface area contributed by atoms with Gasteiger partial charge in [0.05, 0.1) is 12.7 Å². The zero-order valence-electron chi connectivity index (χ0n) is 10.6. The number of hydrogen-bond donors (Lipinski definition) is 1. The third kappa shape index (κ3) is 2.66. The lowest BCUT2D eigenvalue weighted by atomic mass is 10.1. The Balaban J connectivity index is 1.74. The van der Waals surface area contributed by atoms with Crippen LogP contribution >= 0.6 is 0 Å². The first kappa shape index (κ1) is 12.0. The summed E-state index contributed by atoms with van der Waals surface area (Å²) in [5.41, 5.74) is 2.72. The van der Waals surface area contributed by atoms with Gasteiger partial charge in [0.2, 0.25) is 0 Å². The summed E-state index contributed by atoms with van der Waals surface area (Å²) in [4.78, 5) is 2.44. The molecule has 1 N–H and O–H groups in total. The van der Waals surface area contributed by atoms with Crippen molar-refractivity contribution in [2.45, 2.75) is 19.1 Å². The number of nitrogens with one attached hydrogen (secondary N) is 1. The van der Waals surface area contributed by atoms with E-state index in [4.69, 9.17) is 9.47 Å². The van der Waals surface area contributed by atoms with Crippen LogP contribution in [0.3, 0.4) is 0 Å². The molecule has 98 valence electrons. The van der Waals surface area contributed by atoms with E-state index < -0.39 is 0 Å². The van der Waals surface area contributed by atoms with Gasteiger partial charge in [0.15, 0.2) is 0 Å². The van der Waals surface area contributed by atoms with Crippen LogP contribution in [0, 0.1) is 0 Å². The number of fused-ring (bicyclic) bond motifs is 1. The molecule has 2 heterocycles. The Bertz CT molecular complexity index is 391. The molecule has 2 aliphatic rings. The van der Waals surface area contributed by atoms with Gasteiger partial charge in [-0.05, 0) is 18.1 Å². The van der Waals surface area contributed by atoms with Gasteiger partial charge in [-0.15, -0.1) is 0 Å². The van der Waals surface area contributed by atoms with Crippen molar-refractivity contribution in [2.75, 3.05) is 37.9 Å². The minimum atomic E-state index is 0.296. The molecule has 0 aromatic heterocycles. The van der Waals surface area contributed by atoms with Gasteiger partial charge in [-0.3, -0.25) is 0 Å². The van der Waals surface area contributed by atoms with Crippen molar-refractivity contribution in [2.24, 2.45) is 0 Å². The second-order valence-electron chi connectivity index (χ2n) is 4.85. The van der Waals surface area contributed by atoms with E-state index in [-0.39, 0.29) is 0 Å². The fourth-order valence-corrected chi connectivity index (χ4v) is 2.61. The van der Waals surface area contributed by atoms with Gasteiger partial charge in [0.1, 0.15) is 6.79 Å². The van der Waals surface area contributed by atoms with E-state index in [0.29, 0.717) is 12.9 Å². The number of ether oxygens (including phenoxy) is 2. The number of hydrogen-bond acceptors (Lipinski definition) is 4. The molecular weight excluding hydrogens is 228 g/mol. The first-order chi connectivity index (χ1) is 8.93. The normalized spacial score (nSPS) is 24.4. The van der Waals surface area contributed by atoms with Crippen molar-refractivity contribution >= 4 is 5.69 Å². The Morgan fingerprint density at radius 3 is 3.17 bits per heavy atom. The van der Waals surface area contributed by atoms with Crippen LogP contribution < -0.4 is 10.2 Å². The van der Waals surface area contributed by atoms with E-state index in [2.05, 4.69) is 34.5 Å². The highest BCUT2D eigenvalue weighted by Crippen LogP contribution is 2.23. The number of anilines is 1. The number of nitrogens with zero attached hydrogens (tertiary/aromatic N) is 1. The quantitative estimate of drug-likeness (QED) is 0.857. The fraction of sp³-hybridized carbons (Fsp3) is 0.571. The third-order valence-corrected chi connectivity index (χ3v) is 3.60. The third-order valence-electron chi connectivity index (χ3n) is 3.60. The maximum absolute atomic E-state index is 5.65. The van der Waals surface area contributed by atoms with Gasteiger partial charge in [0, 0.05) is 31.9 Å². The van der Waals surface area contributed by atoms with E-state index in [1.165, 1.54) is 11.3 Å². The van der Waals surface area contributed by atoms with Gasteiger partial charge in [-0.25, -0.2) is 0 Å². The van der Waals surface area contributed by atoms with Crippen LogP contribution in [0.15, 0.2) is 24.3 Å². The molecule has 0 saturated carbocycles. The first-order valence-corrected chi connectivity index (χ1v) is 6.66. The van der Waals surface area contributed by atoms with Crippen molar-refractivity contribution in [3.8, 4) is 0 Å². The zero-order chi connectivity index (χ0) is 12.2. The predicted octanol–water partition coefficient (Wildman–Crippen LogP) is 1.36. The smallest absolute Gasteiger partial charge is 0.147 e. The van der Waals surface area contributed by atoms with Crippen molar-refractivity contribution < 1.29 is 9.47 Å². The molecule has 4 nitrogen and oxygen atoms in total. The highest BCUT2D eigenvalue weighted by molar-refractivity contribution is 5.54. The molecule has 0 spiro atoms. The Labute approximate surface area is 108 Å². The van der Waals surface area contributed by atoms with E-state index in [0.717, 1.165) is 39.2 Å². The van der Waals surface area contributed by atoms with E-state index in [1.54, 1.807) is 0 Å². The molecule has 1 fully saturated rings. The Hall–Kier alpha value is -1.10. The van der Waals surface area contributed by atoms with Gasteiger partial charge >= 0.3 is 0 Å². The van der Waals surface area contributed by atoms with Crippen LogP contribution in [0.5, 0.6) is 0 Å². The Morgan fingerprint density at radius 1 is 1.33 bits per heavy atom. The molecule has 4 heteroatoms. The lowest BCUT2D eigenvalue weighted by molar-refractivity contribution is -0.135. The van der Waals surface area contributed by atoms with Gasteiger partial charge in [0.25, 0.3) is 0 Å². The molecule has 0 radical (unpaired) electrons. The van der Waals surface area contributed by atoms with E-state index >= 15 is 0 Å². The molecule has 0 bridgehead atoms. The van der Waals surface area contributed by atoms with E-state index in [1.807, 2.05) is 0 Å². The average molecular weight is 248 g/mol. The standard InChI is InChI=1S/C14H20N2O2/c1-2-4-14-12(3-1)9-15-6-7-16(14)10-13-5-8-17-11-18-13/h1-4,13,15H,5-11H2. The van der Waals surface area contributed by atoms with E-state index in [9.17, 15) is 0 Å². The average Bonchev–Trinajstić information content (AvgIpc) is 2.63. The molecule has 3 rings (SSSR count). The molecule has 1 aromatic rings. The van der Waals surface area contributed by atoms with Crippen molar-refractivity contribution in [3.05, 3.63) is 29.8 Å². The molecule has 1 unspecified atom stereocenters. The zero-order valence-corrected chi connectivity index (χ0v) is 10.6. The number of benzene rings is 1. The van der Waals surface area contributed by atoms with Crippen LogP contribution in [-0.4, -0.2) is 39.1 Å². The largest absolute Gasteiger partial charge is 0.367 e. The molecule has 2 aliphatic heterocycles. The summed E-state index contributed by atoms with van der Waals surface area (Å²) < 4.78 is 10.9. The van der Waals surface area contributed by atoms with Crippen LogP contribution in [0.4, 0.5) is 5.69 Å². The molecule has 1 saturated heterocycles. The topological polar surface area (TPSA) is 33.7 Å². The highest BCUT2D eigenvalue weighted by Gasteiger charge is 2.21. The summed E-state index contributed by atoms with van der Waals surface area (Å²) >= 11 is 0. The van der Waals surface area contributed by atoms with Gasteiger partial charge < -0.3 is 19.7 Å². The molecule has 0 amide bonds. The second-order valence-corrected chi connectivity index (χ2v) is 4.85. The maximum atomic E-state index is 5.65. The molecule has 1 atom stereocenters. The Kier molecular flexibility index (Phi) is 3.78. The lowest BCUT2D eigenvalue weighted by Gasteiger charge is -2.31. The summed E-state index contributed by atoms with van der Waals surface area (Å²) in [5, 5.41) is 3.46.